The van der Waals surface area contributed by atoms with E-state index in [1.165, 1.54) is 7.11 Å². The van der Waals surface area contributed by atoms with Crippen LogP contribution < -0.4 is 9.47 Å². The molecule has 55 heavy (non-hydrogen) atoms. The lowest BCUT2D eigenvalue weighted by Gasteiger charge is -2.15. The number of methoxy groups -OCH3 is 1. The van der Waals surface area contributed by atoms with E-state index in [9.17, 15) is 19.2 Å². The van der Waals surface area contributed by atoms with Gasteiger partial charge in [-0.05, 0) is 82.3 Å². The molecule has 2 aromatic heterocycles. The monoisotopic (exact) mass is 740 g/mol. The number of carboxylic acid groups (broad SMARTS) is 1. The molecule has 0 aliphatic carbocycles. The number of ketones is 2. The third-order valence-corrected chi connectivity index (χ3v) is 9.27. The number of hydrogen-bond acceptors (Lipinski definition) is 9. The molecule has 0 spiro atoms. The molecule has 10 nitrogen and oxygen atoms in total. The molecule has 0 aliphatic rings. The van der Waals surface area contributed by atoms with E-state index < -0.39 is 11.9 Å². The number of esters is 1. The highest BCUT2D eigenvalue weighted by atomic mass is 16.6. The van der Waals surface area contributed by atoms with Crippen LogP contribution in [0.1, 0.15) is 60.8 Å². The highest BCUT2D eigenvalue weighted by Crippen LogP contribution is 2.27. The number of aliphatic carboxylic acids is 1. The van der Waals surface area contributed by atoms with Crippen LogP contribution in [-0.2, 0) is 36.8 Å². The lowest BCUT2D eigenvalue weighted by Crippen LogP contribution is -2.15. The van der Waals surface area contributed by atoms with E-state index in [1.807, 2.05) is 99.0 Å². The highest BCUT2D eigenvalue weighted by molar-refractivity contribution is 5.90. The molecule has 6 rings (SSSR count). The summed E-state index contributed by atoms with van der Waals surface area (Å²) in [6.45, 7) is 3.48. The number of nitrogens with zero attached hydrogens (tertiary/aromatic N) is 2. The molecular formula is C45H44N2O8. The van der Waals surface area contributed by atoms with Gasteiger partial charge < -0.3 is 19.3 Å². The molecule has 10 heteroatoms. The van der Waals surface area contributed by atoms with Gasteiger partial charge in [0.2, 0.25) is 0 Å². The zero-order valence-electron chi connectivity index (χ0n) is 31.1. The largest absolute Gasteiger partial charge is 0.482 e. The summed E-state index contributed by atoms with van der Waals surface area (Å²) in [6, 6.07) is 30.3. The number of carboxylic acids is 1. The first-order valence-electron chi connectivity index (χ1n) is 18.1. The summed E-state index contributed by atoms with van der Waals surface area (Å²) in [5, 5.41) is 12.9. The van der Waals surface area contributed by atoms with Gasteiger partial charge in [0.15, 0.2) is 13.2 Å². The van der Waals surface area contributed by atoms with Crippen molar-refractivity contribution in [3.05, 3.63) is 144 Å². The molecular weight excluding hydrogens is 697 g/mol. The first-order chi connectivity index (χ1) is 26.7. The van der Waals surface area contributed by atoms with Crippen LogP contribution in [0.15, 0.2) is 122 Å². The van der Waals surface area contributed by atoms with Gasteiger partial charge >= 0.3 is 11.9 Å². The van der Waals surface area contributed by atoms with Crippen molar-refractivity contribution in [2.45, 2.75) is 51.4 Å². The summed E-state index contributed by atoms with van der Waals surface area (Å²) in [5.41, 5.74) is 3.84. The Morgan fingerprint density at radius 3 is 1.42 bits per heavy atom. The van der Waals surface area contributed by atoms with Crippen molar-refractivity contribution >= 4 is 45.0 Å². The summed E-state index contributed by atoms with van der Waals surface area (Å²) in [6.07, 6.45) is 9.31. The van der Waals surface area contributed by atoms with Crippen LogP contribution in [0.3, 0.4) is 0 Å². The zero-order valence-corrected chi connectivity index (χ0v) is 31.1. The van der Waals surface area contributed by atoms with E-state index in [4.69, 9.17) is 14.6 Å². The molecule has 4 aromatic carbocycles. The molecule has 0 saturated carbocycles. The SMILES string of the molecule is CCC(C(=O)Cc1ccc2cnccc2c1)c1ccc(OCC(=O)O)cc1.CCC(C(=O)Cc1ccc2cnccc2c1)c1ccc(OCC(=O)OC)cc1. The van der Waals surface area contributed by atoms with Crippen LogP contribution in [0.25, 0.3) is 21.5 Å². The van der Waals surface area contributed by atoms with Gasteiger partial charge in [-0.25, -0.2) is 9.59 Å². The second-order valence-corrected chi connectivity index (χ2v) is 13.0. The van der Waals surface area contributed by atoms with Crippen molar-refractivity contribution < 1.29 is 38.5 Å². The fourth-order valence-corrected chi connectivity index (χ4v) is 6.37. The normalized spacial score (nSPS) is 11.8. The number of hydrogen-bond donors (Lipinski definition) is 1. The second kappa shape index (κ2) is 19.6. The molecule has 0 fully saturated rings. The standard InChI is InChI=1S/C23H23NO4.C22H21NO4/c1-3-21(17-6-8-20(9-7-17)28-15-23(26)27-2)22(25)13-16-4-5-19-14-24-11-10-18(19)12-16;1-2-20(16-5-7-19(8-6-16)27-14-22(25)26)21(24)12-15-3-4-18-13-23-10-9-17(18)11-15/h4-12,14,21H,3,13,15H2,1-2H3;3-11,13,20H,2,12,14H2,1H3,(H,25,26). The van der Waals surface area contributed by atoms with Crippen molar-refractivity contribution in [3.63, 3.8) is 0 Å². The zero-order chi connectivity index (χ0) is 39.2. The fraction of sp³-hybridized carbons (Fsp3) is 0.244. The Morgan fingerprint density at radius 2 is 1.02 bits per heavy atom. The van der Waals surface area contributed by atoms with Crippen molar-refractivity contribution in [1.82, 2.24) is 9.97 Å². The minimum absolute atomic E-state index is 0.135. The summed E-state index contributed by atoms with van der Waals surface area (Å²) >= 11 is 0. The quantitative estimate of drug-likeness (QED) is 0.0968. The average molecular weight is 741 g/mol. The number of aromatic nitrogens is 2. The van der Waals surface area contributed by atoms with E-state index in [1.54, 1.807) is 36.7 Å². The first kappa shape index (κ1) is 39.8. The molecule has 2 heterocycles. The van der Waals surface area contributed by atoms with Gasteiger partial charge in [-0.1, -0.05) is 74.5 Å². The second-order valence-electron chi connectivity index (χ2n) is 13.0. The van der Waals surface area contributed by atoms with Gasteiger partial charge in [0.05, 0.1) is 7.11 Å². The van der Waals surface area contributed by atoms with E-state index in [0.29, 0.717) is 30.8 Å². The summed E-state index contributed by atoms with van der Waals surface area (Å²) in [7, 11) is 1.32. The predicted octanol–water partition coefficient (Wildman–Crippen LogP) is 8.10. The fourth-order valence-electron chi connectivity index (χ4n) is 6.37. The topological polar surface area (TPSA) is 142 Å². The van der Waals surface area contributed by atoms with E-state index >= 15 is 0 Å². The van der Waals surface area contributed by atoms with Crippen LogP contribution >= 0.6 is 0 Å². The van der Waals surface area contributed by atoms with Gasteiger partial charge in [-0.3, -0.25) is 19.6 Å². The summed E-state index contributed by atoms with van der Waals surface area (Å²) in [4.78, 5) is 55.7. The maximum Gasteiger partial charge on any atom is 0.343 e. The number of pyridine rings is 2. The summed E-state index contributed by atoms with van der Waals surface area (Å²) in [5.74, 6) is -0.450. The smallest absolute Gasteiger partial charge is 0.343 e. The first-order valence-corrected chi connectivity index (χ1v) is 18.1. The molecule has 2 atom stereocenters. The van der Waals surface area contributed by atoms with Crippen molar-refractivity contribution in [3.8, 4) is 11.5 Å². The van der Waals surface area contributed by atoms with Gasteiger partial charge in [0.1, 0.15) is 23.1 Å². The Kier molecular flexibility index (Phi) is 14.2. The third kappa shape index (κ3) is 11.3. The number of benzene rings is 4. The molecule has 0 amide bonds. The average Bonchev–Trinajstić information content (AvgIpc) is 3.20. The molecule has 6 aromatic rings. The maximum absolute atomic E-state index is 12.9. The summed E-state index contributed by atoms with van der Waals surface area (Å²) < 4.78 is 15.1. The van der Waals surface area contributed by atoms with Gasteiger partial charge in [-0.2, -0.15) is 0 Å². The predicted molar refractivity (Wildman–Crippen MR) is 210 cm³/mol. The van der Waals surface area contributed by atoms with Crippen LogP contribution in [0.2, 0.25) is 0 Å². The van der Waals surface area contributed by atoms with Crippen molar-refractivity contribution in [1.29, 1.82) is 0 Å². The Bertz CT molecular complexity index is 2240. The van der Waals surface area contributed by atoms with Gasteiger partial charge in [0.25, 0.3) is 0 Å². The maximum atomic E-state index is 12.9. The molecule has 1 N–H and O–H groups in total. The van der Waals surface area contributed by atoms with Crippen LogP contribution in [0.4, 0.5) is 0 Å². The molecule has 0 bridgehead atoms. The Morgan fingerprint density at radius 1 is 0.582 bits per heavy atom. The molecule has 0 aliphatic heterocycles. The third-order valence-electron chi connectivity index (χ3n) is 9.27. The lowest BCUT2D eigenvalue weighted by molar-refractivity contribution is -0.143. The Labute approximate surface area is 320 Å². The Balaban J connectivity index is 0.000000211. The number of carbonyl (C=O) groups is 4. The minimum atomic E-state index is -1.02. The van der Waals surface area contributed by atoms with Crippen LogP contribution in [-0.4, -0.2) is 58.9 Å². The van der Waals surface area contributed by atoms with E-state index in [0.717, 1.165) is 50.2 Å². The number of rotatable bonds is 16. The highest BCUT2D eigenvalue weighted by Gasteiger charge is 2.20. The molecule has 2 unspecified atom stereocenters. The van der Waals surface area contributed by atoms with E-state index in [-0.39, 0.29) is 36.6 Å². The number of ether oxygens (including phenoxy) is 3. The molecule has 0 saturated heterocycles. The minimum Gasteiger partial charge on any atom is -0.482 e. The number of carbonyl (C=O) groups excluding carboxylic acids is 3. The van der Waals surface area contributed by atoms with Gasteiger partial charge in [0, 0.05) is 60.2 Å². The molecule has 0 radical (unpaired) electrons. The van der Waals surface area contributed by atoms with Crippen molar-refractivity contribution in [2.75, 3.05) is 20.3 Å². The van der Waals surface area contributed by atoms with Crippen molar-refractivity contribution in [2.24, 2.45) is 0 Å². The van der Waals surface area contributed by atoms with Crippen LogP contribution in [0.5, 0.6) is 11.5 Å². The lowest BCUT2D eigenvalue weighted by atomic mass is 9.88. The van der Waals surface area contributed by atoms with Gasteiger partial charge in [-0.15, -0.1) is 0 Å². The molecule has 282 valence electrons. The number of Topliss-reactive ketones (excluding diaryl/α,β-unsaturated/α-hetero) is 2. The Hall–Kier alpha value is -6.42. The number of fused-ring (bicyclic) bond motifs is 2. The van der Waals surface area contributed by atoms with E-state index in [2.05, 4.69) is 14.7 Å². The van der Waals surface area contributed by atoms with Crippen LogP contribution in [0, 0.1) is 0 Å².